The number of carbonyl (C=O) groups excluding carboxylic acids is 2. The molecular weight excluding hydrogens is 825 g/mol. The van der Waals surface area contributed by atoms with E-state index in [0.29, 0.717) is 116 Å². The van der Waals surface area contributed by atoms with Crippen LogP contribution in [0.3, 0.4) is 0 Å². The molecule has 0 saturated carbocycles. The number of anilines is 2. The number of aryl methyl sites for hydroxylation is 4. The number of hydrogen-bond acceptors (Lipinski definition) is 9. The Hall–Kier alpha value is -5.50. The molecule has 1 fully saturated rings. The number of rotatable bonds is 12. The Bertz CT molecular complexity index is 2620. The highest BCUT2D eigenvalue weighted by Crippen LogP contribution is 2.42. The molecule has 8 rings (SSSR count). The summed E-state index contributed by atoms with van der Waals surface area (Å²) < 4.78 is 3.96. The van der Waals surface area contributed by atoms with Gasteiger partial charge in [-0.25, -0.2) is 9.97 Å². The molecule has 2 aliphatic heterocycles. The summed E-state index contributed by atoms with van der Waals surface area (Å²) in [7, 11) is 3.87. The number of nitrogens with zero attached hydrogens (tertiary/aromatic N) is 7. The fourth-order valence-electron chi connectivity index (χ4n) is 9.53. The first-order valence-corrected chi connectivity index (χ1v) is 22.4. The number of aromatic hydroxyl groups is 2. The quantitative estimate of drug-likeness (QED) is 0.0753. The number of amides is 2. The number of nitrogen functional groups attached to an aromatic ring is 2. The zero-order valence-electron chi connectivity index (χ0n) is 36.0. The molecule has 1 saturated heterocycles. The summed E-state index contributed by atoms with van der Waals surface area (Å²) in [5.74, 6) is 1.34. The number of hydrogen-bond donors (Lipinski definition) is 4. The number of halogens is 2. The lowest BCUT2D eigenvalue weighted by molar-refractivity contribution is -0.138. The summed E-state index contributed by atoms with van der Waals surface area (Å²) in [6, 6.07) is 17.2. The number of piperazine rings is 1. The lowest BCUT2D eigenvalue weighted by atomic mass is 9.80. The molecule has 0 atom stereocenters. The third-order valence-corrected chi connectivity index (χ3v) is 13.5. The SMILES string of the molecule is CCC(C(=O)N1CCN(Cc2ccc3c(c2)CN(C(=O)c2cc(C(C)C)c(O)cc2O)C3)CC1)(c1nc2c(N)c(CCCl)ccc2n1C)c1nc2c(N)c(CCCl)ccc2n1C. The van der Waals surface area contributed by atoms with Crippen LogP contribution in [0.15, 0.2) is 54.6 Å². The highest BCUT2D eigenvalue weighted by atomic mass is 35.5. The van der Waals surface area contributed by atoms with Gasteiger partial charge in [0, 0.05) is 77.7 Å². The monoisotopic (exact) mass is 879 g/mol. The molecule has 6 aromatic rings. The van der Waals surface area contributed by atoms with Gasteiger partial charge < -0.3 is 40.6 Å². The second-order valence-electron chi connectivity index (χ2n) is 17.1. The fraction of sp³-hybridized carbons (Fsp3) is 0.404. The number of phenolic OH excluding ortho intramolecular Hbond substituents is 2. The summed E-state index contributed by atoms with van der Waals surface area (Å²) >= 11 is 12.3. The number of carbonyl (C=O) groups is 2. The zero-order chi connectivity index (χ0) is 44.2. The molecule has 62 heavy (non-hydrogen) atoms. The predicted molar refractivity (Wildman–Crippen MR) is 246 cm³/mol. The van der Waals surface area contributed by atoms with E-state index in [0.717, 1.165) is 38.9 Å². The molecule has 326 valence electrons. The van der Waals surface area contributed by atoms with Gasteiger partial charge in [0.05, 0.1) is 28.0 Å². The fourth-order valence-corrected chi connectivity index (χ4v) is 9.94. The third kappa shape index (κ3) is 7.27. The van der Waals surface area contributed by atoms with Crippen LogP contribution in [0.1, 0.15) is 88.5 Å². The first-order valence-electron chi connectivity index (χ1n) is 21.3. The van der Waals surface area contributed by atoms with Crippen LogP contribution in [-0.2, 0) is 56.8 Å². The Kier molecular flexibility index (Phi) is 11.8. The number of phenols is 2. The van der Waals surface area contributed by atoms with E-state index in [1.54, 1.807) is 11.0 Å². The van der Waals surface area contributed by atoms with Crippen molar-refractivity contribution in [2.24, 2.45) is 14.1 Å². The van der Waals surface area contributed by atoms with Crippen LogP contribution in [0.4, 0.5) is 11.4 Å². The standard InChI is InChI=1S/C47H55Cl2N9O4/c1-6-47(44-52-41-35(54(44)4)11-9-29(13-15-48)39(41)50,45-53-42-36(55(45)5)12-10-30(14-16-49)40(42)51)46(62)57-19-17-56(18-20-57)24-28-7-8-31-25-58(26-32(31)21-28)43(61)34-22-33(27(2)3)37(59)23-38(34)60/h7-12,21-23,27,59-60H,6,13-20,24-26,50-51H2,1-5H3. The highest BCUT2D eigenvalue weighted by Gasteiger charge is 2.51. The van der Waals surface area contributed by atoms with E-state index in [1.165, 1.54) is 6.07 Å². The van der Waals surface area contributed by atoms with Gasteiger partial charge in [-0.2, -0.15) is 0 Å². The summed E-state index contributed by atoms with van der Waals surface area (Å²) in [6.45, 7) is 9.72. The lowest BCUT2D eigenvalue weighted by Gasteiger charge is -2.40. The van der Waals surface area contributed by atoms with E-state index in [9.17, 15) is 15.0 Å². The minimum atomic E-state index is -1.29. The first-order chi connectivity index (χ1) is 29.7. The maximum absolute atomic E-state index is 15.5. The summed E-state index contributed by atoms with van der Waals surface area (Å²) in [5, 5.41) is 20.9. The van der Waals surface area contributed by atoms with E-state index in [2.05, 4.69) is 23.1 Å². The van der Waals surface area contributed by atoms with E-state index in [4.69, 9.17) is 44.6 Å². The Morgan fingerprint density at radius 2 is 1.32 bits per heavy atom. The minimum absolute atomic E-state index is 0.0116. The smallest absolute Gasteiger partial charge is 0.258 e. The van der Waals surface area contributed by atoms with Crippen LogP contribution < -0.4 is 11.5 Å². The van der Waals surface area contributed by atoms with E-state index in [1.807, 2.05) is 73.2 Å². The molecule has 2 aromatic heterocycles. The average Bonchev–Trinajstić information content (AvgIpc) is 3.94. The Labute approximate surface area is 371 Å². The van der Waals surface area contributed by atoms with Crippen molar-refractivity contribution in [2.75, 3.05) is 49.4 Å². The normalized spacial score (nSPS) is 14.8. The lowest BCUT2D eigenvalue weighted by Crippen LogP contribution is -2.56. The minimum Gasteiger partial charge on any atom is -0.508 e. The molecule has 0 radical (unpaired) electrons. The topological polar surface area (TPSA) is 172 Å². The van der Waals surface area contributed by atoms with Crippen LogP contribution in [0.25, 0.3) is 22.1 Å². The Morgan fingerprint density at radius 3 is 1.85 bits per heavy atom. The van der Waals surface area contributed by atoms with E-state index >= 15 is 4.79 Å². The molecule has 0 aliphatic carbocycles. The van der Waals surface area contributed by atoms with Crippen LogP contribution in [0, 0.1) is 0 Å². The van der Waals surface area contributed by atoms with Crippen molar-refractivity contribution in [3.8, 4) is 11.5 Å². The van der Waals surface area contributed by atoms with Crippen LogP contribution >= 0.6 is 23.2 Å². The molecule has 4 aromatic carbocycles. The third-order valence-electron chi connectivity index (χ3n) is 13.1. The number of fused-ring (bicyclic) bond motifs is 3. The maximum atomic E-state index is 15.5. The zero-order valence-corrected chi connectivity index (χ0v) is 37.5. The first kappa shape index (κ1) is 43.2. The summed E-state index contributed by atoms with van der Waals surface area (Å²) in [6.07, 6.45) is 1.58. The van der Waals surface area contributed by atoms with Gasteiger partial charge >= 0.3 is 0 Å². The molecule has 0 bridgehead atoms. The Balaban J connectivity index is 1.06. The number of benzene rings is 4. The second kappa shape index (κ2) is 17.0. The Morgan fingerprint density at radius 1 is 0.758 bits per heavy atom. The molecular formula is C47H55Cl2N9O4. The molecule has 0 spiro atoms. The number of alkyl halides is 2. The van der Waals surface area contributed by atoms with Gasteiger partial charge in [-0.15, -0.1) is 23.2 Å². The largest absolute Gasteiger partial charge is 0.508 e. The van der Waals surface area contributed by atoms with Crippen molar-refractivity contribution in [3.05, 3.63) is 105 Å². The number of nitrogens with two attached hydrogens (primary N) is 2. The van der Waals surface area contributed by atoms with Crippen molar-refractivity contribution in [2.45, 2.75) is 71.0 Å². The predicted octanol–water partition coefficient (Wildman–Crippen LogP) is 6.92. The molecule has 2 aliphatic rings. The maximum Gasteiger partial charge on any atom is 0.258 e. The summed E-state index contributed by atoms with van der Waals surface area (Å²) in [5.41, 5.74) is 22.1. The van der Waals surface area contributed by atoms with Gasteiger partial charge in [0.1, 0.15) is 34.2 Å². The van der Waals surface area contributed by atoms with Gasteiger partial charge in [0.25, 0.3) is 5.91 Å². The molecule has 0 unspecified atom stereocenters. The molecule has 2 amide bonds. The van der Waals surface area contributed by atoms with Crippen molar-refractivity contribution in [1.82, 2.24) is 33.8 Å². The van der Waals surface area contributed by atoms with Crippen molar-refractivity contribution >= 4 is 68.5 Å². The molecule has 6 N–H and O–H groups in total. The van der Waals surface area contributed by atoms with Crippen molar-refractivity contribution < 1.29 is 19.8 Å². The van der Waals surface area contributed by atoms with Crippen LogP contribution in [-0.4, -0.2) is 93.8 Å². The average molecular weight is 881 g/mol. The van der Waals surface area contributed by atoms with E-state index < -0.39 is 5.41 Å². The van der Waals surface area contributed by atoms with Crippen molar-refractivity contribution in [3.63, 3.8) is 0 Å². The number of imidazole rings is 2. The van der Waals surface area contributed by atoms with Crippen molar-refractivity contribution in [1.29, 1.82) is 0 Å². The second-order valence-corrected chi connectivity index (χ2v) is 17.8. The van der Waals surface area contributed by atoms with Gasteiger partial charge in [-0.1, -0.05) is 51.1 Å². The van der Waals surface area contributed by atoms with Gasteiger partial charge in [-0.05, 0) is 76.8 Å². The van der Waals surface area contributed by atoms with Crippen LogP contribution in [0.5, 0.6) is 11.5 Å². The van der Waals surface area contributed by atoms with Gasteiger partial charge in [0.2, 0.25) is 5.91 Å². The molecule has 13 nitrogen and oxygen atoms in total. The van der Waals surface area contributed by atoms with Gasteiger partial charge in [-0.3, -0.25) is 14.5 Å². The summed E-state index contributed by atoms with van der Waals surface area (Å²) in [4.78, 5) is 45.6. The van der Waals surface area contributed by atoms with Gasteiger partial charge in [0.15, 0.2) is 5.41 Å². The molecule has 4 heterocycles. The van der Waals surface area contributed by atoms with E-state index in [-0.39, 0.29) is 34.8 Å². The number of aromatic nitrogens is 4. The van der Waals surface area contributed by atoms with Crippen LogP contribution in [0.2, 0.25) is 0 Å². The molecule has 15 heteroatoms. The highest BCUT2D eigenvalue weighted by molar-refractivity contribution is 6.18.